The van der Waals surface area contributed by atoms with Crippen molar-refractivity contribution in [2.24, 2.45) is 0 Å². The number of hydrogen-bond donors (Lipinski definition) is 3. The molecule has 1 aliphatic rings. The predicted molar refractivity (Wildman–Crippen MR) is 114 cm³/mol. The van der Waals surface area contributed by atoms with Gasteiger partial charge in [-0.05, 0) is 30.2 Å². The summed E-state index contributed by atoms with van der Waals surface area (Å²) in [6, 6.07) is 12.5. The summed E-state index contributed by atoms with van der Waals surface area (Å²) >= 11 is 0. The van der Waals surface area contributed by atoms with Gasteiger partial charge in [0.05, 0.1) is 14.2 Å². The van der Waals surface area contributed by atoms with Crippen molar-refractivity contribution >= 4 is 23.9 Å². The number of rotatable bonds is 7. The summed E-state index contributed by atoms with van der Waals surface area (Å²) < 4.78 is 10.5. The van der Waals surface area contributed by atoms with Crippen molar-refractivity contribution in [2.45, 2.75) is 19.0 Å². The van der Waals surface area contributed by atoms with Crippen LogP contribution in [0.15, 0.2) is 48.5 Å². The van der Waals surface area contributed by atoms with Gasteiger partial charge in [-0.3, -0.25) is 19.8 Å². The highest BCUT2D eigenvalue weighted by atomic mass is 16.5. The van der Waals surface area contributed by atoms with E-state index in [4.69, 9.17) is 9.47 Å². The topological polar surface area (TPSA) is 126 Å². The van der Waals surface area contributed by atoms with Gasteiger partial charge >= 0.3 is 12.1 Å². The Bertz CT molecular complexity index is 1040. The number of urea groups is 2. The van der Waals surface area contributed by atoms with Gasteiger partial charge in [-0.15, -0.1) is 0 Å². The summed E-state index contributed by atoms with van der Waals surface area (Å²) in [5.41, 5.74) is -0.0983. The zero-order valence-electron chi connectivity index (χ0n) is 17.9. The molecular weight excluding hydrogens is 416 g/mol. The van der Waals surface area contributed by atoms with E-state index >= 15 is 0 Å². The standard InChI is InChI=1S/C22H24N4O6/c1-22(15-9-10-16(31-2)17(11-15)32-3)19(28)26(21(30)25-22)13-18(27)24-20(29)23-12-14-7-5-4-6-8-14/h4-11H,12-13H2,1-3H3,(H,25,30)(H2,23,24,27,29)/t22-/m0/s1. The summed E-state index contributed by atoms with van der Waals surface area (Å²) in [5, 5.41) is 7.26. The summed E-state index contributed by atoms with van der Waals surface area (Å²) in [6.45, 7) is 1.14. The second kappa shape index (κ2) is 9.38. The van der Waals surface area contributed by atoms with Crippen LogP contribution in [0.3, 0.4) is 0 Å². The zero-order chi connectivity index (χ0) is 23.3. The first-order chi connectivity index (χ1) is 15.3. The third-order valence-electron chi connectivity index (χ3n) is 5.09. The molecule has 6 amide bonds. The number of nitrogens with zero attached hydrogens (tertiary/aromatic N) is 1. The average molecular weight is 440 g/mol. The van der Waals surface area contributed by atoms with Gasteiger partial charge in [-0.25, -0.2) is 9.59 Å². The van der Waals surface area contributed by atoms with Crippen molar-refractivity contribution in [2.75, 3.05) is 20.8 Å². The summed E-state index contributed by atoms with van der Waals surface area (Å²) in [5.74, 6) is -0.570. The number of methoxy groups -OCH3 is 2. The van der Waals surface area contributed by atoms with E-state index in [2.05, 4.69) is 16.0 Å². The molecule has 1 fully saturated rings. The minimum atomic E-state index is -1.41. The van der Waals surface area contributed by atoms with Crippen molar-refractivity contribution < 1.29 is 28.7 Å². The van der Waals surface area contributed by atoms with E-state index in [-0.39, 0.29) is 6.54 Å². The Morgan fingerprint density at radius 3 is 2.38 bits per heavy atom. The Kier molecular flexibility index (Phi) is 6.62. The third-order valence-corrected chi connectivity index (χ3v) is 5.09. The minimum Gasteiger partial charge on any atom is -0.493 e. The second-order valence-corrected chi connectivity index (χ2v) is 7.23. The van der Waals surface area contributed by atoms with Crippen LogP contribution in [0, 0.1) is 0 Å². The van der Waals surface area contributed by atoms with E-state index < -0.39 is 36.0 Å². The Hall–Kier alpha value is -4.08. The fourth-order valence-corrected chi connectivity index (χ4v) is 3.32. The highest BCUT2D eigenvalue weighted by Crippen LogP contribution is 2.35. The van der Waals surface area contributed by atoms with Crippen LogP contribution in [0.5, 0.6) is 11.5 Å². The number of imide groups is 2. The molecule has 32 heavy (non-hydrogen) atoms. The largest absolute Gasteiger partial charge is 0.493 e. The van der Waals surface area contributed by atoms with Gasteiger partial charge in [0.25, 0.3) is 5.91 Å². The maximum atomic E-state index is 13.0. The van der Waals surface area contributed by atoms with E-state index in [1.807, 2.05) is 30.3 Å². The smallest absolute Gasteiger partial charge is 0.325 e. The molecule has 10 heteroatoms. The number of carbonyl (C=O) groups is 4. The van der Waals surface area contributed by atoms with Crippen LogP contribution in [-0.2, 0) is 21.7 Å². The molecule has 10 nitrogen and oxygen atoms in total. The highest BCUT2D eigenvalue weighted by molar-refractivity contribution is 6.10. The van der Waals surface area contributed by atoms with Crippen molar-refractivity contribution in [3.05, 3.63) is 59.7 Å². The number of ether oxygens (including phenoxy) is 2. The van der Waals surface area contributed by atoms with Gasteiger partial charge < -0.3 is 20.1 Å². The molecule has 0 radical (unpaired) electrons. The number of benzene rings is 2. The average Bonchev–Trinajstić information content (AvgIpc) is 3.01. The van der Waals surface area contributed by atoms with Crippen LogP contribution in [0.1, 0.15) is 18.1 Å². The first kappa shape index (κ1) is 22.6. The molecule has 0 aliphatic carbocycles. The first-order valence-corrected chi connectivity index (χ1v) is 9.76. The van der Waals surface area contributed by atoms with Crippen molar-refractivity contribution in [1.29, 1.82) is 0 Å². The maximum absolute atomic E-state index is 13.0. The molecule has 0 saturated carbocycles. The van der Waals surface area contributed by atoms with Gasteiger partial charge in [0, 0.05) is 6.54 Å². The fraction of sp³-hybridized carbons (Fsp3) is 0.273. The summed E-state index contributed by atoms with van der Waals surface area (Å²) in [7, 11) is 2.94. The number of nitrogens with one attached hydrogen (secondary N) is 3. The van der Waals surface area contributed by atoms with Gasteiger partial charge in [0.15, 0.2) is 11.5 Å². The molecular formula is C22H24N4O6. The molecule has 3 rings (SSSR count). The molecule has 2 aromatic rings. The molecule has 0 bridgehead atoms. The number of carbonyl (C=O) groups excluding carboxylic acids is 4. The van der Waals surface area contributed by atoms with E-state index in [0.29, 0.717) is 17.1 Å². The Labute approximate surface area is 184 Å². The van der Waals surface area contributed by atoms with E-state index in [1.54, 1.807) is 18.2 Å². The van der Waals surface area contributed by atoms with Crippen molar-refractivity contribution in [3.8, 4) is 11.5 Å². The molecule has 1 heterocycles. The lowest BCUT2D eigenvalue weighted by atomic mass is 9.91. The number of amides is 6. The SMILES string of the molecule is COc1ccc([C@]2(C)NC(=O)N(CC(=O)NC(=O)NCc3ccccc3)C2=O)cc1OC. The van der Waals surface area contributed by atoms with E-state index in [9.17, 15) is 19.2 Å². The second-order valence-electron chi connectivity index (χ2n) is 7.23. The normalized spacial score (nSPS) is 17.5. The van der Waals surface area contributed by atoms with E-state index in [1.165, 1.54) is 21.1 Å². The van der Waals surface area contributed by atoms with Gasteiger partial charge in [0.2, 0.25) is 5.91 Å². The van der Waals surface area contributed by atoms with E-state index in [0.717, 1.165) is 10.5 Å². The quantitative estimate of drug-likeness (QED) is 0.560. The summed E-state index contributed by atoms with van der Waals surface area (Å²) in [6.07, 6.45) is 0. The zero-order valence-corrected chi connectivity index (χ0v) is 17.9. The van der Waals surface area contributed by atoms with Crippen LogP contribution in [-0.4, -0.2) is 49.5 Å². The number of hydrogen-bond acceptors (Lipinski definition) is 6. The van der Waals surface area contributed by atoms with Gasteiger partial charge in [-0.2, -0.15) is 0 Å². The Balaban J connectivity index is 1.64. The monoisotopic (exact) mass is 440 g/mol. The Morgan fingerprint density at radius 2 is 1.72 bits per heavy atom. The molecule has 1 atom stereocenters. The molecule has 0 spiro atoms. The van der Waals surface area contributed by atoms with Crippen LogP contribution >= 0.6 is 0 Å². The molecule has 3 N–H and O–H groups in total. The molecule has 0 unspecified atom stereocenters. The molecule has 1 saturated heterocycles. The fourth-order valence-electron chi connectivity index (χ4n) is 3.32. The molecule has 1 aliphatic heterocycles. The first-order valence-electron chi connectivity index (χ1n) is 9.76. The summed E-state index contributed by atoms with van der Waals surface area (Å²) in [4.78, 5) is 50.4. The van der Waals surface area contributed by atoms with Crippen LogP contribution in [0.4, 0.5) is 9.59 Å². The Morgan fingerprint density at radius 1 is 1.03 bits per heavy atom. The van der Waals surface area contributed by atoms with Gasteiger partial charge in [-0.1, -0.05) is 36.4 Å². The molecule has 168 valence electrons. The lowest BCUT2D eigenvalue weighted by Crippen LogP contribution is -2.46. The molecule has 2 aromatic carbocycles. The van der Waals surface area contributed by atoms with Crippen molar-refractivity contribution in [1.82, 2.24) is 20.9 Å². The lowest BCUT2D eigenvalue weighted by Gasteiger charge is -2.23. The predicted octanol–water partition coefficient (Wildman–Crippen LogP) is 1.50. The molecule has 0 aromatic heterocycles. The van der Waals surface area contributed by atoms with Crippen LogP contribution < -0.4 is 25.4 Å². The van der Waals surface area contributed by atoms with Crippen molar-refractivity contribution in [3.63, 3.8) is 0 Å². The van der Waals surface area contributed by atoms with Gasteiger partial charge in [0.1, 0.15) is 12.1 Å². The maximum Gasteiger partial charge on any atom is 0.325 e. The highest BCUT2D eigenvalue weighted by Gasteiger charge is 2.49. The third kappa shape index (κ3) is 4.64. The van der Waals surface area contributed by atoms with Crippen LogP contribution in [0.25, 0.3) is 0 Å². The minimum absolute atomic E-state index is 0.223. The lowest BCUT2D eigenvalue weighted by molar-refractivity contribution is -0.134. The van der Waals surface area contributed by atoms with Crippen LogP contribution in [0.2, 0.25) is 0 Å².